The Kier molecular flexibility index (Phi) is 4.45. The van der Waals surface area contributed by atoms with Crippen molar-refractivity contribution >= 4 is 17.5 Å². The molecule has 0 aliphatic heterocycles. The fourth-order valence-corrected chi connectivity index (χ4v) is 1.57. The average molecular weight is 289 g/mol. The van der Waals surface area contributed by atoms with E-state index in [2.05, 4.69) is 10.3 Å². The monoisotopic (exact) mass is 289 g/mol. The van der Waals surface area contributed by atoms with E-state index in [1.807, 2.05) is 0 Å². The average Bonchev–Trinajstić information content (AvgIpc) is 2.46. The first kappa shape index (κ1) is 14.4. The zero-order valence-corrected chi connectivity index (χ0v) is 10.9. The van der Waals surface area contributed by atoms with Gasteiger partial charge in [-0.1, -0.05) is 6.07 Å². The van der Waals surface area contributed by atoms with Gasteiger partial charge in [0.1, 0.15) is 5.75 Å². The number of hydrogen-bond acceptors (Lipinski definition) is 4. The van der Waals surface area contributed by atoms with Crippen LogP contribution in [0.2, 0.25) is 0 Å². The van der Waals surface area contributed by atoms with Crippen LogP contribution < -0.4 is 15.8 Å². The molecular formula is C14H12FN3O3. The van der Waals surface area contributed by atoms with Gasteiger partial charge in [-0.05, 0) is 24.3 Å². The molecule has 2 rings (SSSR count). The van der Waals surface area contributed by atoms with Crippen LogP contribution in [-0.2, 0) is 4.79 Å². The van der Waals surface area contributed by atoms with E-state index >= 15 is 0 Å². The minimum Gasteiger partial charge on any atom is -0.484 e. The SMILES string of the molecule is NC(=O)COc1cccc(NC(=O)c2cccnc2F)c1. The number of benzene rings is 1. The number of hydrogen-bond donors (Lipinski definition) is 2. The minimum atomic E-state index is -0.851. The quantitative estimate of drug-likeness (QED) is 0.812. The Morgan fingerprint density at radius 2 is 2.10 bits per heavy atom. The van der Waals surface area contributed by atoms with Crippen LogP contribution in [0.4, 0.5) is 10.1 Å². The second kappa shape index (κ2) is 6.47. The van der Waals surface area contributed by atoms with Crippen molar-refractivity contribution < 1.29 is 18.7 Å². The van der Waals surface area contributed by atoms with Crippen LogP contribution in [0.15, 0.2) is 42.6 Å². The third kappa shape index (κ3) is 4.00. The molecule has 2 aromatic rings. The van der Waals surface area contributed by atoms with E-state index in [9.17, 15) is 14.0 Å². The van der Waals surface area contributed by atoms with Gasteiger partial charge >= 0.3 is 0 Å². The number of carbonyl (C=O) groups excluding carboxylic acids is 2. The predicted molar refractivity (Wildman–Crippen MR) is 73.3 cm³/mol. The molecule has 7 heteroatoms. The molecule has 0 saturated carbocycles. The molecule has 108 valence electrons. The van der Waals surface area contributed by atoms with Crippen LogP contribution in [-0.4, -0.2) is 23.4 Å². The van der Waals surface area contributed by atoms with Gasteiger partial charge < -0.3 is 15.8 Å². The number of aromatic nitrogens is 1. The maximum Gasteiger partial charge on any atom is 0.260 e. The zero-order chi connectivity index (χ0) is 15.2. The molecule has 3 N–H and O–H groups in total. The molecule has 1 aromatic heterocycles. The number of primary amides is 1. The molecule has 0 spiro atoms. The van der Waals surface area contributed by atoms with Gasteiger partial charge in [-0.2, -0.15) is 4.39 Å². The Morgan fingerprint density at radius 1 is 1.29 bits per heavy atom. The van der Waals surface area contributed by atoms with E-state index in [0.29, 0.717) is 11.4 Å². The molecule has 0 atom stereocenters. The van der Waals surface area contributed by atoms with Gasteiger partial charge in [0.15, 0.2) is 6.61 Å². The van der Waals surface area contributed by atoms with Gasteiger partial charge in [-0.25, -0.2) is 4.98 Å². The van der Waals surface area contributed by atoms with Crippen molar-refractivity contribution in [1.82, 2.24) is 4.98 Å². The van der Waals surface area contributed by atoms with Crippen molar-refractivity contribution in [2.75, 3.05) is 11.9 Å². The predicted octanol–water partition coefficient (Wildman–Crippen LogP) is 1.34. The Labute approximate surface area is 119 Å². The summed E-state index contributed by atoms with van der Waals surface area (Å²) in [5, 5.41) is 2.51. The molecule has 0 unspecified atom stereocenters. The maximum absolute atomic E-state index is 13.4. The fraction of sp³-hybridized carbons (Fsp3) is 0.0714. The zero-order valence-electron chi connectivity index (χ0n) is 10.9. The summed E-state index contributed by atoms with van der Waals surface area (Å²) in [6, 6.07) is 9.10. The van der Waals surface area contributed by atoms with Gasteiger partial charge in [-0.15, -0.1) is 0 Å². The van der Waals surface area contributed by atoms with Crippen molar-refractivity contribution in [3.8, 4) is 5.75 Å². The highest BCUT2D eigenvalue weighted by atomic mass is 19.1. The van der Waals surface area contributed by atoms with Crippen LogP contribution in [0, 0.1) is 5.95 Å². The number of nitrogens with one attached hydrogen (secondary N) is 1. The lowest BCUT2D eigenvalue weighted by atomic mass is 10.2. The maximum atomic E-state index is 13.4. The van der Waals surface area contributed by atoms with Gasteiger partial charge in [0.2, 0.25) is 5.95 Å². The number of nitrogens with zero attached hydrogens (tertiary/aromatic N) is 1. The lowest BCUT2D eigenvalue weighted by Gasteiger charge is -2.08. The van der Waals surface area contributed by atoms with E-state index < -0.39 is 17.8 Å². The van der Waals surface area contributed by atoms with E-state index in [1.54, 1.807) is 18.2 Å². The highest BCUT2D eigenvalue weighted by molar-refractivity contribution is 6.04. The molecule has 21 heavy (non-hydrogen) atoms. The molecule has 1 heterocycles. The number of halogens is 1. The molecule has 2 amide bonds. The summed E-state index contributed by atoms with van der Waals surface area (Å²) in [6.07, 6.45) is 1.25. The first-order valence-corrected chi connectivity index (χ1v) is 5.99. The van der Waals surface area contributed by atoms with Crippen LogP contribution in [0.25, 0.3) is 0 Å². The molecule has 0 saturated heterocycles. The standard InChI is InChI=1S/C14H12FN3O3/c15-13-11(5-2-6-17-13)14(20)18-9-3-1-4-10(7-9)21-8-12(16)19/h1-7H,8H2,(H2,16,19)(H,18,20). The minimum absolute atomic E-state index is 0.166. The van der Waals surface area contributed by atoms with Crippen molar-refractivity contribution in [3.05, 3.63) is 54.1 Å². The van der Waals surface area contributed by atoms with Crippen LogP contribution >= 0.6 is 0 Å². The molecule has 0 aliphatic rings. The lowest BCUT2D eigenvalue weighted by molar-refractivity contribution is -0.119. The lowest BCUT2D eigenvalue weighted by Crippen LogP contribution is -2.20. The Bertz CT molecular complexity index is 676. The van der Waals surface area contributed by atoms with E-state index in [4.69, 9.17) is 10.5 Å². The molecule has 0 radical (unpaired) electrons. The highest BCUT2D eigenvalue weighted by Gasteiger charge is 2.12. The Balaban J connectivity index is 2.09. The van der Waals surface area contributed by atoms with Crippen molar-refractivity contribution in [1.29, 1.82) is 0 Å². The normalized spacial score (nSPS) is 9.95. The first-order valence-electron chi connectivity index (χ1n) is 5.99. The molecule has 0 bridgehead atoms. The summed E-state index contributed by atoms with van der Waals surface area (Å²) in [6.45, 7) is -0.269. The van der Waals surface area contributed by atoms with Crippen LogP contribution in [0.5, 0.6) is 5.75 Å². The fourth-order valence-electron chi connectivity index (χ4n) is 1.57. The third-order valence-electron chi connectivity index (χ3n) is 2.48. The number of pyridine rings is 1. The summed E-state index contributed by atoms with van der Waals surface area (Å²) < 4.78 is 18.5. The number of amides is 2. The highest BCUT2D eigenvalue weighted by Crippen LogP contribution is 2.18. The summed E-state index contributed by atoms with van der Waals surface area (Å²) in [5.41, 5.74) is 5.20. The van der Waals surface area contributed by atoms with Gasteiger partial charge in [0, 0.05) is 18.0 Å². The summed E-state index contributed by atoms with van der Waals surface area (Å²) >= 11 is 0. The molecule has 0 aliphatic carbocycles. The smallest absolute Gasteiger partial charge is 0.260 e. The van der Waals surface area contributed by atoms with Crippen molar-refractivity contribution in [2.24, 2.45) is 5.73 Å². The third-order valence-corrected chi connectivity index (χ3v) is 2.48. The van der Waals surface area contributed by atoms with E-state index in [0.717, 1.165) is 0 Å². The molecule has 0 fully saturated rings. The topological polar surface area (TPSA) is 94.3 Å². The summed E-state index contributed by atoms with van der Waals surface area (Å²) in [4.78, 5) is 25.9. The number of rotatable bonds is 5. The number of nitrogens with two attached hydrogens (primary N) is 1. The largest absolute Gasteiger partial charge is 0.484 e. The molecular weight excluding hydrogens is 277 g/mol. The van der Waals surface area contributed by atoms with Crippen LogP contribution in [0.3, 0.4) is 0 Å². The summed E-state index contributed by atoms with van der Waals surface area (Å²) in [5.74, 6) is -1.73. The van der Waals surface area contributed by atoms with Gasteiger partial charge in [0.05, 0.1) is 5.56 Å². The molecule has 6 nitrogen and oxygen atoms in total. The van der Waals surface area contributed by atoms with E-state index in [1.165, 1.54) is 24.4 Å². The number of anilines is 1. The van der Waals surface area contributed by atoms with Crippen molar-refractivity contribution in [3.63, 3.8) is 0 Å². The molecule has 1 aromatic carbocycles. The van der Waals surface area contributed by atoms with Crippen molar-refractivity contribution in [2.45, 2.75) is 0 Å². The Hall–Kier alpha value is -2.96. The Morgan fingerprint density at radius 3 is 2.81 bits per heavy atom. The van der Waals surface area contributed by atoms with Crippen LogP contribution in [0.1, 0.15) is 10.4 Å². The number of carbonyl (C=O) groups is 2. The van der Waals surface area contributed by atoms with E-state index in [-0.39, 0.29) is 12.2 Å². The van der Waals surface area contributed by atoms with Gasteiger partial charge in [0.25, 0.3) is 11.8 Å². The van der Waals surface area contributed by atoms with Gasteiger partial charge in [-0.3, -0.25) is 9.59 Å². The number of ether oxygens (including phenoxy) is 1. The second-order valence-corrected chi connectivity index (χ2v) is 4.08. The second-order valence-electron chi connectivity index (χ2n) is 4.08. The summed E-state index contributed by atoms with van der Waals surface area (Å²) in [7, 11) is 0. The first-order chi connectivity index (χ1) is 10.1.